The van der Waals surface area contributed by atoms with E-state index in [1.165, 1.54) is 18.4 Å². The van der Waals surface area contributed by atoms with E-state index in [1.807, 2.05) is 0 Å². The Kier molecular flexibility index (Phi) is 6.31. The van der Waals surface area contributed by atoms with Crippen LogP contribution in [0.3, 0.4) is 0 Å². The maximum atomic E-state index is 12.5. The normalized spacial score (nSPS) is 16.7. The Bertz CT molecular complexity index is 878. The zero-order valence-corrected chi connectivity index (χ0v) is 17.2. The van der Waals surface area contributed by atoms with E-state index in [0.29, 0.717) is 21.9 Å². The Labute approximate surface area is 172 Å². The zero-order valence-electron chi connectivity index (χ0n) is 16.4. The molecule has 156 valence electrons. The third-order valence-corrected chi connectivity index (χ3v) is 6.16. The van der Waals surface area contributed by atoms with Crippen LogP contribution < -0.4 is 5.32 Å². The monoisotopic (exact) mass is 421 g/mol. The van der Waals surface area contributed by atoms with Crippen LogP contribution in [0, 0.1) is 0 Å². The van der Waals surface area contributed by atoms with Gasteiger partial charge in [-0.1, -0.05) is 13.3 Å². The molecule has 1 aliphatic carbocycles. The van der Waals surface area contributed by atoms with E-state index < -0.39 is 36.3 Å². The van der Waals surface area contributed by atoms with Crippen LogP contribution in [0.1, 0.15) is 53.4 Å². The fourth-order valence-corrected chi connectivity index (χ4v) is 4.86. The fourth-order valence-electron chi connectivity index (χ4n) is 3.57. The highest BCUT2D eigenvalue weighted by Crippen LogP contribution is 2.38. The van der Waals surface area contributed by atoms with Gasteiger partial charge in [-0.25, -0.2) is 14.5 Å². The lowest BCUT2D eigenvalue weighted by molar-refractivity contribution is -0.143. The number of hydrogen-bond donors (Lipinski definition) is 1. The number of imide groups is 2. The molecule has 1 N–H and O–H groups in total. The van der Waals surface area contributed by atoms with E-state index in [9.17, 15) is 24.0 Å². The first-order valence-electron chi connectivity index (χ1n) is 9.59. The van der Waals surface area contributed by atoms with Crippen molar-refractivity contribution in [2.45, 2.75) is 45.4 Å². The van der Waals surface area contributed by atoms with Crippen molar-refractivity contribution in [3.8, 4) is 0 Å². The molecule has 29 heavy (non-hydrogen) atoms. The van der Waals surface area contributed by atoms with E-state index >= 15 is 0 Å². The van der Waals surface area contributed by atoms with Crippen LogP contribution in [0.5, 0.6) is 0 Å². The summed E-state index contributed by atoms with van der Waals surface area (Å²) in [6.45, 7) is 1.30. The standard InChI is InChI=1S/C19H23N3O6S/c1-3-9-21-16(24)17(25)22(19(21)27)10-13(23)20-15-14(18(26)28-2)11-7-5-4-6-8-12(11)29-15/h3-10H2,1-2H3,(H,20,23). The number of ether oxygens (including phenoxy) is 1. The first-order valence-corrected chi connectivity index (χ1v) is 10.4. The third kappa shape index (κ3) is 4.02. The van der Waals surface area contributed by atoms with Crippen molar-refractivity contribution in [3.05, 3.63) is 16.0 Å². The smallest absolute Gasteiger partial charge is 0.341 e. The van der Waals surface area contributed by atoms with Crippen molar-refractivity contribution in [1.82, 2.24) is 9.80 Å². The molecule has 0 atom stereocenters. The number of urea groups is 1. The molecule has 1 fully saturated rings. The highest BCUT2D eigenvalue weighted by molar-refractivity contribution is 7.17. The molecule has 1 aromatic heterocycles. The van der Waals surface area contributed by atoms with Crippen molar-refractivity contribution in [3.63, 3.8) is 0 Å². The molecule has 10 heteroatoms. The number of aryl methyl sites for hydroxylation is 1. The minimum atomic E-state index is -1.02. The fraction of sp³-hybridized carbons (Fsp3) is 0.526. The number of nitrogens with one attached hydrogen (secondary N) is 1. The maximum Gasteiger partial charge on any atom is 0.341 e. The average molecular weight is 421 g/mol. The third-order valence-electron chi connectivity index (χ3n) is 4.95. The van der Waals surface area contributed by atoms with Gasteiger partial charge in [-0.05, 0) is 37.7 Å². The topological polar surface area (TPSA) is 113 Å². The van der Waals surface area contributed by atoms with Crippen LogP contribution in [-0.4, -0.2) is 59.7 Å². The van der Waals surface area contributed by atoms with Gasteiger partial charge in [0.25, 0.3) is 0 Å². The summed E-state index contributed by atoms with van der Waals surface area (Å²) in [7, 11) is 1.28. The van der Waals surface area contributed by atoms with Crippen molar-refractivity contribution in [2.24, 2.45) is 0 Å². The number of rotatable bonds is 6. The molecule has 0 saturated carbocycles. The number of thiophene rings is 1. The largest absolute Gasteiger partial charge is 0.465 e. The minimum Gasteiger partial charge on any atom is -0.465 e. The summed E-state index contributed by atoms with van der Waals surface area (Å²) >= 11 is 1.32. The molecule has 0 radical (unpaired) electrons. The van der Waals surface area contributed by atoms with Gasteiger partial charge in [-0.15, -0.1) is 11.3 Å². The van der Waals surface area contributed by atoms with Gasteiger partial charge in [0.05, 0.1) is 12.7 Å². The van der Waals surface area contributed by atoms with E-state index in [4.69, 9.17) is 4.74 Å². The molecule has 3 rings (SSSR count). The summed E-state index contributed by atoms with van der Waals surface area (Å²) < 4.78 is 4.89. The average Bonchev–Trinajstić information content (AvgIpc) is 2.99. The molecular weight excluding hydrogens is 398 g/mol. The Morgan fingerprint density at radius 1 is 1.07 bits per heavy atom. The molecule has 0 spiro atoms. The SMILES string of the molecule is CCCN1C(=O)C(=O)N(CC(=O)Nc2sc3c(c2C(=O)OC)CCCCC3)C1=O. The predicted molar refractivity (Wildman–Crippen MR) is 105 cm³/mol. The number of methoxy groups -OCH3 is 1. The van der Waals surface area contributed by atoms with E-state index in [2.05, 4.69) is 5.32 Å². The molecule has 1 aliphatic heterocycles. The lowest BCUT2D eigenvalue weighted by Gasteiger charge is -2.14. The summed E-state index contributed by atoms with van der Waals surface area (Å²) in [6.07, 6.45) is 5.10. The second-order valence-electron chi connectivity index (χ2n) is 6.94. The van der Waals surface area contributed by atoms with Gasteiger partial charge < -0.3 is 10.1 Å². The van der Waals surface area contributed by atoms with Gasteiger partial charge >= 0.3 is 23.8 Å². The van der Waals surface area contributed by atoms with Crippen molar-refractivity contribution < 1.29 is 28.7 Å². The number of hydrogen-bond acceptors (Lipinski definition) is 7. The molecule has 9 nitrogen and oxygen atoms in total. The van der Waals surface area contributed by atoms with Gasteiger partial charge in [0.1, 0.15) is 11.5 Å². The second-order valence-corrected chi connectivity index (χ2v) is 8.04. The maximum absolute atomic E-state index is 12.5. The van der Waals surface area contributed by atoms with Crippen LogP contribution in [0.2, 0.25) is 0 Å². The molecule has 5 amide bonds. The number of carbonyl (C=O) groups excluding carboxylic acids is 5. The Balaban J connectivity index is 1.79. The molecule has 1 aromatic rings. The lowest BCUT2D eigenvalue weighted by Crippen LogP contribution is -2.39. The molecule has 2 heterocycles. The number of esters is 1. The van der Waals surface area contributed by atoms with Crippen molar-refractivity contribution in [1.29, 1.82) is 0 Å². The summed E-state index contributed by atoms with van der Waals surface area (Å²) in [4.78, 5) is 63.7. The van der Waals surface area contributed by atoms with Crippen molar-refractivity contribution >= 4 is 46.1 Å². The van der Waals surface area contributed by atoms with Crippen LogP contribution in [0.25, 0.3) is 0 Å². The zero-order chi connectivity index (χ0) is 21.1. The van der Waals surface area contributed by atoms with Crippen molar-refractivity contribution in [2.75, 3.05) is 25.5 Å². The van der Waals surface area contributed by atoms with Crippen LogP contribution in [0.4, 0.5) is 9.80 Å². The first kappa shape index (κ1) is 21.0. The van der Waals surface area contributed by atoms with E-state index in [1.54, 1.807) is 6.92 Å². The lowest BCUT2D eigenvalue weighted by atomic mass is 10.1. The van der Waals surface area contributed by atoms with Crippen LogP contribution in [-0.2, 0) is 32.0 Å². The highest BCUT2D eigenvalue weighted by atomic mass is 32.1. The summed E-state index contributed by atoms with van der Waals surface area (Å²) in [5.74, 6) is -3.13. The summed E-state index contributed by atoms with van der Waals surface area (Å²) in [5, 5.41) is 2.99. The Morgan fingerprint density at radius 3 is 2.45 bits per heavy atom. The van der Waals surface area contributed by atoms with E-state index in [-0.39, 0.29) is 6.54 Å². The molecule has 0 bridgehead atoms. The van der Waals surface area contributed by atoms with Crippen LogP contribution in [0.15, 0.2) is 0 Å². The minimum absolute atomic E-state index is 0.117. The number of amides is 5. The molecule has 0 aromatic carbocycles. The molecule has 1 saturated heterocycles. The first-order chi connectivity index (χ1) is 13.9. The number of anilines is 1. The summed E-state index contributed by atoms with van der Waals surface area (Å²) in [6, 6.07) is -0.799. The van der Waals surface area contributed by atoms with Gasteiger partial charge in [0, 0.05) is 11.4 Å². The van der Waals surface area contributed by atoms with Crippen LogP contribution >= 0.6 is 11.3 Å². The number of nitrogens with zero attached hydrogens (tertiary/aromatic N) is 2. The summed E-state index contributed by atoms with van der Waals surface area (Å²) in [5.41, 5.74) is 1.23. The Hall–Kier alpha value is -2.75. The molecular formula is C19H23N3O6S. The van der Waals surface area contributed by atoms with Gasteiger partial charge in [0.15, 0.2) is 0 Å². The quantitative estimate of drug-likeness (QED) is 0.325. The van der Waals surface area contributed by atoms with E-state index in [0.717, 1.165) is 47.4 Å². The Morgan fingerprint density at radius 2 is 1.76 bits per heavy atom. The highest BCUT2D eigenvalue weighted by Gasteiger charge is 2.44. The number of carbonyl (C=O) groups is 5. The second kappa shape index (κ2) is 8.73. The van der Waals surface area contributed by atoms with Gasteiger partial charge in [0.2, 0.25) is 5.91 Å². The van der Waals surface area contributed by atoms with Gasteiger partial charge in [-0.3, -0.25) is 19.3 Å². The predicted octanol–water partition coefficient (Wildman–Crippen LogP) is 1.94. The number of fused-ring (bicyclic) bond motifs is 1. The molecule has 2 aliphatic rings. The van der Waals surface area contributed by atoms with Gasteiger partial charge in [-0.2, -0.15) is 0 Å². The molecule has 0 unspecified atom stereocenters.